The zero-order valence-corrected chi connectivity index (χ0v) is 16.8. The maximum Gasteiger partial charge on any atom is 0.272 e. The van der Waals surface area contributed by atoms with E-state index in [1.807, 2.05) is 45.2 Å². The minimum atomic E-state index is -0.266. The van der Waals surface area contributed by atoms with Gasteiger partial charge < -0.3 is 4.74 Å². The number of amides is 2. The molecule has 0 N–H and O–H groups in total. The first-order valence-corrected chi connectivity index (χ1v) is 10.2. The van der Waals surface area contributed by atoms with E-state index in [2.05, 4.69) is 0 Å². The largest absolute Gasteiger partial charge is 0.491 e. The van der Waals surface area contributed by atoms with Crippen LogP contribution in [0.5, 0.6) is 5.75 Å². The highest BCUT2D eigenvalue weighted by molar-refractivity contribution is 8.04. The average Bonchev–Trinajstić information content (AvgIpc) is 3.16. The number of thiophene rings is 1. The topological polar surface area (TPSA) is 46.6 Å². The van der Waals surface area contributed by atoms with Crippen molar-refractivity contribution in [2.75, 3.05) is 4.90 Å². The summed E-state index contributed by atoms with van der Waals surface area (Å²) < 4.78 is 5.64. The normalized spacial score (nSPS) is 14.9. The van der Waals surface area contributed by atoms with E-state index in [0.29, 0.717) is 21.9 Å². The molecule has 1 aliphatic rings. The Morgan fingerprint density at radius 3 is 2.23 bits per heavy atom. The van der Waals surface area contributed by atoms with Crippen molar-refractivity contribution in [1.82, 2.24) is 0 Å². The highest BCUT2D eigenvalue weighted by Crippen LogP contribution is 2.41. The van der Waals surface area contributed by atoms with E-state index in [1.165, 1.54) is 28.0 Å². The van der Waals surface area contributed by atoms with E-state index < -0.39 is 0 Å². The number of rotatable bonds is 6. The summed E-state index contributed by atoms with van der Waals surface area (Å²) in [7, 11) is 0. The predicted octanol–water partition coefficient (Wildman–Crippen LogP) is 4.96. The Kier molecular flexibility index (Phi) is 5.53. The van der Waals surface area contributed by atoms with Gasteiger partial charge in [0, 0.05) is 10.1 Å². The highest BCUT2D eigenvalue weighted by Gasteiger charge is 2.40. The molecule has 0 saturated carbocycles. The van der Waals surface area contributed by atoms with Gasteiger partial charge in [0.05, 0.1) is 22.3 Å². The van der Waals surface area contributed by atoms with E-state index in [-0.39, 0.29) is 23.2 Å². The second kappa shape index (κ2) is 7.68. The van der Waals surface area contributed by atoms with E-state index in [0.717, 1.165) is 4.88 Å². The summed E-state index contributed by atoms with van der Waals surface area (Å²) in [6.07, 6.45) is 0.0667. The van der Waals surface area contributed by atoms with Crippen LogP contribution in [-0.2, 0) is 9.59 Å². The molecule has 0 bridgehead atoms. The van der Waals surface area contributed by atoms with Crippen molar-refractivity contribution in [1.29, 1.82) is 0 Å². The van der Waals surface area contributed by atoms with E-state index in [9.17, 15) is 9.59 Å². The lowest BCUT2D eigenvalue weighted by Crippen LogP contribution is -2.31. The number of carbonyl (C=O) groups is 2. The highest BCUT2D eigenvalue weighted by atomic mass is 32.2. The molecule has 6 heteroatoms. The number of thioether (sulfide) groups is 1. The second-order valence-corrected chi connectivity index (χ2v) is 8.99. The zero-order chi connectivity index (χ0) is 18.8. The molecule has 0 fully saturated rings. The minimum Gasteiger partial charge on any atom is -0.491 e. The van der Waals surface area contributed by atoms with Crippen molar-refractivity contribution in [3.8, 4) is 5.75 Å². The van der Waals surface area contributed by atoms with Crippen molar-refractivity contribution in [3.05, 3.63) is 51.6 Å². The molecular weight excluding hydrogens is 366 g/mol. The first-order valence-electron chi connectivity index (χ1n) is 8.48. The lowest BCUT2D eigenvalue weighted by atomic mass is 10.2. The fraction of sp³-hybridized carbons (Fsp3) is 0.300. The van der Waals surface area contributed by atoms with Crippen LogP contribution in [-0.4, -0.2) is 23.2 Å². The molecule has 0 radical (unpaired) electrons. The molecule has 1 aromatic heterocycles. The molecule has 1 aromatic carbocycles. The van der Waals surface area contributed by atoms with Crippen LogP contribution in [0.3, 0.4) is 0 Å². The number of anilines is 1. The molecule has 1 aliphatic heterocycles. The number of nitrogens with zero attached hydrogens (tertiary/aromatic N) is 1. The quantitative estimate of drug-likeness (QED) is 0.657. The van der Waals surface area contributed by atoms with E-state index in [4.69, 9.17) is 4.74 Å². The molecule has 0 spiro atoms. The smallest absolute Gasteiger partial charge is 0.272 e. The number of imide groups is 1. The SMILES string of the molecule is CC(C)Oc1ccc(N2C(=O)C(SC(C)C)=C(c3cccs3)C2=O)cc1. The number of carbonyl (C=O) groups excluding carboxylic acids is 2. The lowest BCUT2D eigenvalue weighted by molar-refractivity contribution is -0.119. The number of benzene rings is 1. The van der Waals surface area contributed by atoms with Crippen molar-refractivity contribution >= 4 is 46.2 Å². The van der Waals surface area contributed by atoms with Crippen molar-refractivity contribution in [2.45, 2.75) is 39.0 Å². The first-order chi connectivity index (χ1) is 12.4. The van der Waals surface area contributed by atoms with Crippen LogP contribution in [0.2, 0.25) is 0 Å². The lowest BCUT2D eigenvalue weighted by Gasteiger charge is -2.16. The third-order valence-corrected chi connectivity index (χ3v) is 5.60. The Morgan fingerprint density at radius 1 is 1.00 bits per heavy atom. The Bertz CT molecular complexity index is 836. The Hall–Kier alpha value is -2.05. The second-order valence-electron chi connectivity index (χ2n) is 6.45. The molecule has 2 heterocycles. The van der Waals surface area contributed by atoms with Crippen LogP contribution in [0.1, 0.15) is 32.6 Å². The van der Waals surface area contributed by atoms with Gasteiger partial charge in [-0.1, -0.05) is 19.9 Å². The fourth-order valence-electron chi connectivity index (χ4n) is 2.67. The predicted molar refractivity (Wildman–Crippen MR) is 109 cm³/mol. The van der Waals surface area contributed by atoms with Gasteiger partial charge in [0.1, 0.15) is 5.75 Å². The van der Waals surface area contributed by atoms with Gasteiger partial charge >= 0.3 is 0 Å². The van der Waals surface area contributed by atoms with Gasteiger partial charge in [-0.2, -0.15) is 0 Å². The number of hydrogen-bond donors (Lipinski definition) is 0. The van der Waals surface area contributed by atoms with Crippen molar-refractivity contribution in [2.24, 2.45) is 0 Å². The Labute approximate surface area is 161 Å². The molecule has 0 aliphatic carbocycles. The van der Waals surface area contributed by atoms with Crippen molar-refractivity contribution in [3.63, 3.8) is 0 Å². The molecule has 2 aromatic rings. The molecule has 3 rings (SSSR count). The van der Waals surface area contributed by atoms with Gasteiger partial charge in [0.15, 0.2) is 0 Å². The molecule has 136 valence electrons. The van der Waals surface area contributed by atoms with Gasteiger partial charge in [0.25, 0.3) is 11.8 Å². The third-order valence-electron chi connectivity index (χ3n) is 3.63. The number of ether oxygens (including phenoxy) is 1. The summed E-state index contributed by atoms with van der Waals surface area (Å²) in [5.74, 6) is 0.193. The maximum atomic E-state index is 13.1. The molecule has 26 heavy (non-hydrogen) atoms. The van der Waals surface area contributed by atoms with Crippen LogP contribution in [0.15, 0.2) is 46.7 Å². The fourth-order valence-corrected chi connectivity index (χ4v) is 4.48. The molecule has 0 unspecified atom stereocenters. The molecule has 4 nitrogen and oxygen atoms in total. The van der Waals surface area contributed by atoms with E-state index in [1.54, 1.807) is 24.3 Å². The van der Waals surface area contributed by atoms with Crippen LogP contribution in [0.25, 0.3) is 5.57 Å². The summed E-state index contributed by atoms with van der Waals surface area (Å²) in [6, 6.07) is 10.9. The van der Waals surface area contributed by atoms with Crippen LogP contribution >= 0.6 is 23.1 Å². The van der Waals surface area contributed by atoms with Crippen molar-refractivity contribution < 1.29 is 14.3 Å². The van der Waals surface area contributed by atoms with Gasteiger partial charge in [-0.05, 0) is 49.6 Å². The summed E-state index contributed by atoms with van der Waals surface area (Å²) in [6.45, 7) is 7.94. The summed E-state index contributed by atoms with van der Waals surface area (Å²) in [5, 5.41) is 2.12. The standard InChI is InChI=1S/C20H21NO3S2/c1-12(2)24-15-9-7-14(8-10-15)21-19(22)17(16-6-5-11-25-16)18(20(21)23)26-13(3)4/h5-13H,1-4H3. The molecule has 0 atom stereocenters. The molecule has 2 amide bonds. The average molecular weight is 388 g/mol. The molecule has 0 saturated heterocycles. The summed E-state index contributed by atoms with van der Waals surface area (Å²) in [5.41, 5.74) is 1.07. The maximum absolute atomic E-state index is 13.1. The first kappa shape index (κ1) is 18.7. The van der Waals surface area contributed by atoms with Crippen LogP contribution in [0.4, 0.5) is 5.69 Å². The summed E-state index contributed by atoms with van der Waals surface area (Å²) >= 11 is 2.91. The van der Waals surface area contributed by atoms with Crippen LogP contribution < -0.4 is 9.64 Å². The summed E-state index contributed by atoms with van der Waals surface area (Å²) in [4.78, 5) is 28.7. The zero-order valence-electron chi connectivity index (χ0n) is 15.2. The van der Waals surface area contributed by atoms with Gasteiger partial charge in [-0.25, -0.2) is 4.90 Å². The molecular formula is C20H21NO3S2. The van der Waals surface area contributed by atoms with Gasteiger partial charge in [-0.3, -0.25) is 9.59 Å². The Balaban J connectivity index is 1.96. The Morgan fingerprint density at radius 2 is 1.69 bits per heavy atom. The third kappa shape index (κ3) is 3.71. The van der Waals surface area contributed by atoms with E-state index >= 15 is 0 Å². The monoisotopic (exact) mass is 387 g/mol. The van der Waals surface area contributed by atoms with Gasteiger partial charge in [0.2, 0.25) is 0 Å². The van der Waals surface area contributed by atoms with Crippen LogP contribution in [0, 0.1) is 0 Å². The van der Waals surface area contributed by atoms with Gasteiger partial charge in [-0.15, -0.1) is 23.1 Å². The number of hydrogen-bond acceptors (Lipinski definition) is 5. The minimum absolute atomic E-state index is 0.0667.